The summed E-state index contributed by atoms with van der Waals surface area (Å²) in [6.45, 7) is 0.680. The van der Waals surface area contributed by atoms with E-state index in [1.54, 1.807) is 7.05 Å². The molecular weight excluding hydrogens is 326 g/mol. The highest BCUT2D eigenvalue weighted by Gasteiger charge is 2.23. The van der Waals surface area contributed by atoms with Gasteiger partial charge < -0.3 is 25.4 Å². The lowest BCUT2D eigenvalue weighted by Crippen LogP contribution is -2.43. The Morgan fingerprint density at radius 1 is 1.40 bits per heavy atom. The number of amides is 3. The first kappa shape index (κ1) is 16.6. The molecule has 0 radical (unpaired) electrons. The standard InChI is InChI=1S/C16H19N5O4/c1-20(8-12-10-24-13-4-2-3-5-14(13)25-12)16(23)19-11-6-18-21(7-11)9-15(17)22/h2-7,12H,8-10H2,1H3,(H2,17,22)(H,19,23)/t12-/m1/s1. The fourth-order valence-corrected chi connectivity index (χ4v) is 2.43. The van der Waals surface area contributed by atoms with Crippen LogP contribution in [0.4, 0.5) is 10.5 Å². The number of anilines is 1. The summed E-state index contributed by atoms with van der Waals surface area (Å²) in [5.41, 5.74) is 5.58. The number of nitrogens with two attached hydrogens (primary N) is 1. The molecule has 9 heteroatoms. The summed E-state index contributed by atoms with van der Waals surface area (Å²) in [5.74, 6) is 0.862. The van der Waals surface area contributed by atoms with Gasteiger partial charge in [-0.3, -0.25) is 9.48 Å². The SMILES string of the molecule is CN(C[C@@H]1COc2ccccc2O1)C(=O)Nc1cnn(CC(N)=O)c1. The number of ether oxygens (including phenoxy) is 2. The highest BCUT2D eigenvalue weighted by atomic mass is 16.6. The number of carbonyl (C=O) groups excluding carboxylic acids is 2. The molecule has 1 aromatic heterocycles. The summed E-state index contributed by atoms with van der Waals surface area (Å²) in [5, 5.41) is 6.65. The average molecular weight is 345 g/mol. The van der Waals surface area contributed by atoms with Gasteiger partial charge in [0.05, 0.1) is 18.4 Å². The molecule has 0 saturated carbocycles. The van der Waals surface area contributed by atoms with Crippen molar-refractivity contribution in [2.75, 3.05) is 25.5 Å². The predicted molar refractivity (Wildman–Crippen MR) is 89.4 cm³/mol. The molecule has 0 fully saturated rings. The zero-order chi connectivity index (χ0) is 17.8. The fraction of sp³-hybridized carbons (Fsp3) is 0.312. The van der Waals surface area contributed by atoms with Gasteiger partial charge in [0.15, 0.2) is 17.6 Å². The summed E-state index contributed by atoms with van der Waals surface area (Å²) < 4.78 is 12.8. The van der Waals surface area contributed by atoms with Crippen LogP contribution in [0, 0.1) is 0 Å². The third kappa shape index (κ3) is 4.19. The van der Waals surface area contributed by atoms with E-state index in [0.29, 0.717) is 30.3 Å². The normalized spacial score (nSPS) is 15.5. The van der Waals surface area contributed by atoms with E-state index < -0.39 is 5.91 Å². The Kier molecular flexibility index (Phi) is 4.73. The molecule has 3 rings (SSSR count). The molecule has 25 heavy (non-hydrogen) atoms. The molecule has 0 aliphatic carbocycles. The second kappa shape index (κ2) is 7.12. The van der Waals surface area contributed by atoms with Crippen molar-refractivity contribution in [2.24, 2.45) is 5.73 Å². The van der Waals surface area contributed by atoms with Crippen molar-refractivity contribution >= 4 is 17.6 Å². The molecule has 0 bridgehead atoms. The van der Waals surface area contributed by atoms with E-state index in [1.165, 1.54) is 22.0 Å². The summed E-state index contributed by atoms with van der Waals surface area (Å²) in [6.07, 6.45) is 2.72. The number of aromatic nitrogens is 2. The molecule has 3 amide bonds. The van der Waals surface area contributed by atoms with Crippen LogP contribution in [0.2, 0.25) is 0 Å². The van der Waals surface area contributed by atoms with E-state index in [1.807, 2.05) is 24.3 Å². The lowest BCUT2D eigenvalue weighted by Gasteiger charge is -2.29. The van der Waals surface area contributed by atoms with Gasteiger partial charge in [-0.05, 0) is 12.1 Å². The average Bonchev–Trinajstić information content (AvgIpc) is 3.00. The topological polar surface area (TPSA) is 112 Å². The number of hydrogen-bond donors (Lipinski definition) is 2. The predicted octanol–water partition coefficient (Wildman–Crippen LogP) is 0.672. The van der Waals surface area contributed by atoms with E-state index in [2.05, 4.69) is 10.4 Å². The first-order valence-electron chi connectivity index (χ1n) is 7.72. The van der Waals surface area contributed by atoms with E-state index in [9.17, 15) is 9.59 Å². The first-order valence-corrected chi connectivity index (χ1v) is 7.72. The van der Waals surface area contributed by atoms with Gasteiger partial charge in [-0.25, -0.2) is 4.79 Å². The van der Waals surface area contributed by atoms with Crippen molar-refractivity contribution in [1.82, 2.24) is 14.7 Å². The lowest BCUT2D eigenvalue weighted by molar-refractivity contribution is -0.118. The number of nitrogens with zero attached hydrogens (tertiary/aromatic N) is 3. The lowest BCUT2D eigenvalue weighted by atomic mass is 10.2. The molecule has 132 valence electrons. The minimum atomic E-state index is -0.507. The molecule has 1 aliphatic heterocycles. The van der Waals surface area contributed by atoms with Crippen LogP contribution in [-0.2, 0) is 11.3 Å². The number of benzene rings is 1. The Morgan fingerprint density at radius 3 is 2.92 bits per heavy atom. The Bertz CT molecular complexity index is 775. The molecule has 0 unspecified atom stereocenters. The minimum Gasteiger partial charge on any atom is -0.486 e. The molecule has 0 spiro atoms. The van der Waals surface area contributed by atoms with Gasteiger partial charge in [0.25, 0.3) is 0 Å². The zero-order valence-electron chi connectivity index (χ0n) is 13.7. The van der Waals surface area contributed by atoms with Crippen LogP contribution in [-0.4, -0.2) is 52.9 Å². The van der Waals surface area contributed by atoms with Crippen LogP contribution in [0.3, 0.4) is 0 Å². The van der Waals surface area contributed by atoms with E-state index in [0.717, 1.165) is 0 Å². The van der Waals surface area contributed by atoms with Crippen molar-refractivity contribution < 1.29 is 19.1 Å². The summed E-state index contributed by atoms with van der Waals surface area (Å²) >= 11 is 0. The molecule has 1 aliphatic rings. The van der Waals surface area contributed by atoms with Crippen molar-refractivity contribution in [3.63, 3.8) is 0 Å². The van der Waals surface area contributed by atoms with Gasteiger partial charge in [0, 0.05) is 13.2 Å². The molecule has 0 saturated heterocycles. The van der Waals surface area contributed by atoms with Crippen LogP contribution in [0.5, 0.6) is 11.5 Å². The second-order valence-corrected chi connectivity index (χ2v) is 5.70. The smallest absolute Gasteiger partial charge is 0.321 e. The molecule has 2 heterocycles. The van der Waals surface area contributed by atoms with Gasteiger partial charge in [-0.1, -0.05) is 12.1 Å². The molecule has 2 aromatic rings. The zero-order valence-corrected chi connectivity index (χ0v) is 13.7. The van der Waals surface area contributed by atoms with Gasteiger partial charge in [-0.15, -0.1) is 0 Å². The first-order chi connectivity index (χ1) is 12.0. The number of hydrogen-bond acceptors (Lipinski definition) is 5. The van der Waals surface area contributed by atoms with Crippen LogP contribution in [0.25, 0.3) is 0 Å². The summed E-state index contributed by atoms with van der Waals surface area (Å²) in [6, 6.07) is 7.09. The maximum absolute atomic E-state index is 12.3. The molecule has 3 N–H and O–H groups in total. The highest BCUT2D eigenvalue weighted by molar-refractivity contribution is 5.88. The minimum absolute atomic E-state index is 0.0433. The largest absolute Gasteiger partial charge is 0.486 e. The Balaban J connectivity index is 1.53. The summed E-state index contributed by atoms with van der Waals surface area (Å²) in [7, 11) is 1.66. The maximum atomic E-state index is 12.3. The van der Waals surface area contributed by atoms with Crippen molar-refractivity contribution in [3.05, 3.63) is 36.7 Å². The number of nitrogens with one attached hydrogen (secondary N) is 1. The number of rotatable bonds is 5. The monoisotopic (exact) mass is 345 g/mol. The van der Waals surface area contributed by atoms with Crippen molar-refractivity contribution in [3.8, 4) is 11.5 Å². The quantitative estimate of drug-likeness (QED) is 0.827. The third-order valence-electron chi connectivity index (χ3n) is 3.59. The van der Waals surface area contributed by atoms with Crippen LogP contribution >= 0.6 is 0 Å². The number of fused-ring (bicyclic) bond motifs is 1. The Hall–Kier alpha value is -3.23. The van der Waals surface area contributed by atoms with Crippen LogP contribution in [0.15, 0.2) is 36.7 Å². The maximum Gasteiger partial charge on any atom is 0.321 e. The third-order valence-corrected chi connectivity index (χ3v) is 3.59. The highest BCUT2D eigenvalue weighted by Crippen LogP contribution is 2.30. The van der Waals surface area contributed by atoms with Crippen LogP contribution in [0.1, 0.15) is 0 Å². The number of primary amides is 1. The molecule has 1 atom stereocenters. The van der Waals surface area contributed by atoms with E-state index in [4.69, 9.17) is 15.2 Å². The van der Waals surface area contributed by atoms with Crippen molar-refractivity contribution in [1.29, 1.82) is 0 Å². The number of carbonyl (C=O) groups is 2. The van der Waals surface area contributed by atoms with Gasteiger partial charge in [0.2, 0.25) is 5.91 Å². The Labute approximate surface area is 144 Å². The molecule has 1 aromatic carbocycles. The molecular formula is C16H19N5O4. The van der Waals surface area contributed by atoms with Crippen molar-refractivity contribution in [2.45, 2.75) is 12.6 Å². The van der Waals surface area contributed by atoms with Crippen LogP contribution < -0.4 is 20.5 Å². The van der Waals surface area contributed by atoms with Gasteiger partial charge >= 0.3 is 6.03 Å². The van der Waals surface area contributed by atoms with Gasteiger partial charge in [0.1, 0.15) is 13.2 Å². The number of likely N-dealkylation sites (N-methyl/N-ethyl adjacent to an activating group) is 1. The number of para-hydroxylation sites is 2. The van der Waals surface area contributed by atoms with E-state index in [-0.39, 0.29) is 18.7 Å². The molecule has 9 nitrogen and oxygen atoms in total. The fourth-order valence-electron chi connectivity index (χ4n) is 2.43. The van der Waals surface area contributed by atoms with Gasteiger partial charge in [-0.2, -0.15) is 5.10 Å². The number of urea groups is 1. The summed E-state index contributed by atoms with van der Waals surface area (Å²) in [4.78, 5) is 24.6. The Morgan fingerprint density at radius 2 is 2.16 bits per heavy atom. The second-order valence-electron chi connectivity index (χ2n) is 5.70. The van der Waals surface area contributed by atoms with E-state index >= 15 is 0 Å².